The molecule has 3 heterocycles. The summed E-state index contributed by atoms with van der Waals surface area (Å²) in [4.78, 5) is 32.0. The maximum absolute atomic E-state index is 12.2. The van der Waals surface area contributed by atoms with Crippen molar-refractivity contribution < 1.29 is 9.59 Å². The maximum Gasteiger partial charge on any atom is 0.219 e. The van der Waals surface area contributed by atoms with Gasteiger partial charge in [0.2, 0.25) is 5.91 Å². The quantitative estimate of drug-likeness (QED) is 0.344. The lowest BCUT2D eigenvalue weighted by Gasteiger charge is -2.35. The SMILES string of the molecule is CC(=O)c1nnc(Nc2ccc(N3CCN(C(C)=O)CC3)cc2)cc1NCc1cccc(-n2ccnc2)c1. The maximum atomic E-state index is 12.2. The molecule has 0 aliphatic carbocycles. The largest absolute Gasteiger partial charge is 0.379 e. The molecule has 1 saturated heterocycles. The summed E-state index contributed by atoms with van der Waals surface area (Å²) in [6.45, 7) is 6.70. The van der Waals surface area contributed by atoms with Gasteiger partial charge in [0.05, 0.1) is 12.0 Å². The zero-order valence-electron chi connectivity index (χ0n) is 21.5. The van der Waals surface area contributed by atoms with Crippen LogP contribution in [-0.4, -0.2) is 62.5 Å². The fourth-order valence-electron chi connectivity index (χ4n) is 4.47. The van der Waals surface area contributed by atoms with Gasteiger partial charge in [-0.25, -0.2) is 4.98 Å². The van der Waals surface area contributed by atoms with Gasteiger partial charge in [0, 0.05) is 82.1 Å². The summed E-state index contributed by atoms with van der Waals surface area (Å²) in [7, 11) is 0. The van der Waals surface area contributed by atoms with Crippen molar-refractivity contribution in [2.24, 2.45) is 0 Å². The van der Waals surface area contributed by atoms with Crippen LogP contribution in [0, 0.1) is 0 Å². The summed E-state index contributed by atoms with van der Waals surface area (Å²) in [6, 6.07) is 18.0. The lowest BCUT2D eigenvalue weighted by Crippen LogP contribution is -2.48. The summed E-state index contributed by atoms with van der Waals surface area (Å²) < 4.78 is 1.94. The number of carbonyl (C=O) groups is 2. The summed E-state index contributed by atoms with van der Waals surface area (Å²) in [6.07, 6.45) is 5.39. The summed E-state index contributed by atoms with van der Waals surface area (Å²) in [5.41, 5.74) is 4.94. The van der Waals surface area contributed by atoms with Crippen LogP contribution in [0.3, 0.4) is 0 Å². The van der Waals surface area contributed by atoms with Crippen molar-refractivity contribution in [3.8, 4) is 5.69 Å². The lowest BCUT2D eigenvalue weighted by molar-refractivity contribution is -0.129. The zero-order chi connectivity index (χ0) is 26.5. The Hall–Kier alpha value is -4.73. The Kier molecular flexibility index (Phi) is 7.30. The number of amides is 1. The van der Waals surface area contributed by atoms with E-state index < -0.39 is 0 Å². The van der Waals surface area contributed by atoms with E-state index in [0.29, 0.717) is 23.7 Å². The molecule has 0 radical (unpaired) electrons. The van der Waals surface area contributed by atoms with E-state index in [2.05, 4.69) is 48.9 Å². The number of benzene rings is 2. The van der Waals surface area contributed by atoms with Gasteiger partial charge in [-0.15, -0.1) is 10.2 Å². The molecule has 10 heteroatoms. The van der Waals surface area contributed by atoms with E-state index >= 15 is 0 Å². The van der Waals surface area contributed by atoms with Crippen LogP contribution in [0.1, 0.15) is 29.9 Å². The number of piperazine rings is 1. The molecule has 1 fully saturated rings. The third-order valence-electron chi connectivity index (χ3n) is 6.55. The van der Waals surface area contributed by atoms with Crippen molar-refractivity contribution in [3.05, 3.63) is 84.6 Å². The van der Waals surface area contributed by atoms with Gasteiger partial charge in [-0.3, -0.25) is 9.59 Å². The molecule has 1 aliphatic heterocycles. The molecular weight excluding hydrogens is 480 g/mol. The second kappa shape index (κ2) is 11.1. The minimum atomic E-state index is -0.159. The Bertz CT molecular complexity index is 1410. The van der Waals surface area contributed by atoms with E-state index in [0.717, 1.165) is 48.8 Å². The molecule has 2 N–H and O–H groups in total. The number of hydrogen-bond acceptors (Lipinski definition) is 8. The number of aromatic nitrogens is 4. The fourth-order valence-corrected chi connectivity index (χ4v) is 4.47. The Morgan fingerprint density at radius 1 is 0.921 bits per heavy atom. The van der Waals surface area contributed by atoms with Crippen LogP contribution in [0.2, 0.25) is 0 Å². The highest BCUT2D eigenvalue weighted by Gasteiger charge is 2.19. The van der Waals surface area contributed by atoms with Crippen LogP contribution >= 0.6 is 0 Å². The van der Waals surface area contributed by atoms with Crippen LogP contribution in [0.15, 0.2) is 73.3 Å². The highest BCUT2D eigenvalue weighted by molar-refractivity contribution is 5.97. The average molecular weight is 511 g/mol. The van der Waals surface area contributed by atoms with Gasteiger partial charge in [-0.2, -0.15) is 0 Å². The van der Waals surface area contributed by atoms with Crippen LogP contribution in [-0.2, 0) is 11.3 Å². The van der Waals surface area contributed by atoms with Crippen molar-refractivity contribution in [2.45, 2.75) is 20.4 Å². The second-order valence-electron chi connectivity index (χ2n) is 9.21. The van der Waals surface area contributed by atoms with Crippen LogP contribution < -0.4 is 15.5 Å². The number of imidazole rings is 1. The number of rotatable bonds is 8. The molecule has 0 spiro atoms. The Morgan fingerprint density at radius 3 is 2.39 bits per heavy atom. The first-order valence-corrected chi connectivity index (χ1v) is 12.5. The molecule has 5 rings (SSSR count). The second-order valence-corrected chi connectivity index (χ2v) is 9.21. The van der Waals surface area contributed by atoms with Crippen LogP contribution in [0.5, 0.6) is 0 Å². The van der Waals surface area contributed by atoms with Crippen molar-refractivity contribution in [1.29, 1.82) is 0 Å². The summed E-state index contributed by atoms with van der Waals surface area (Å²) in [5, 5.41) is 15.0. The topological polar surface area (TPSA) is 108 Å². The normalized spacial score (nSPS) is 13.3. The Labute approximate surface area is 221 Å². The van der Waals surface area contributed by atoms with E-state index in [1.807, 2.05) is 46.0 Å². The average Bonchev–Trinajstić information content (AvgIpc) is 3.48. The molecular formula is C28H30N8O2. The lowest BCUT2D eigenvalue weighted by atomic mass is 10.2. The molecule has 1 aliphatic rings. The van der Waals surface area contributed by atoms with Gasteiger partial charge in [0.1, 0.15) is 0 Å². The molecule has 10 nitrogen and oxygen atoms in total. The minimum absolute atomic E-state index is 0.123. The van der Waals surface area contributed by atoms with E-state index in [1.165, 1.54) is 6.92 Å². The number of nitrogens with one attached hydrogen (secondary N) is 2. The highest BCUT2D eigenvalue weighted by atomic mass is 16.2. The minimum Gasteiger partial charge on any atom is -0.379 e. The van der Waals surface area contributed by atoms with E-state index in [1.54, 1.807) is 25.5 Å². The predicted molar refractivity (Wildman–Crippen MR) is 147 cm³/mol. The molecule has 0 unspecified atom stereocenters. The standard InChI is InChI=1S/C28H30N8O2/c1-20(37)28-26(30-18-22-4-3-5-25(16-22)36-11-10-29-19-36)17-27(32-33-28)31-23-6-8-24(9-7-23)35-14-12-34(13-15-35)21(2)38/h3-11,16-17,19H,12-15,18H2,1-2H3,(H2,30,31,32). The van der Waals surface area contributed by atoms with Crippen molar-refractivity contribution in [3.63, 3.8) is 0 Å². The molecule has 38 heavy (non-hydrogen) atoms. The summed E-state index contributed by atoms with van der Waals surface area (Å²) >= 11 is 0. The Morgan fingerprint density at radius 2 is 1.71 bits per heavy atom. The number of carbonyl (C=O) groups excluding carboxylic acids is 2. The van der Waals surface area contributed by atoms with Gasteiger partial charge >= 0.3 is 0 Å². The third-order valence-corrected chi connectivity index (χ3v) is 6.55. The van der Waals surface area contributed by atoms with Crippen molar-refractivity contribution in [2.75, 3.05) is 41.7 Å². The van der Waals surface area contributed by atoms with E-state index in [-0.39, 0.29) is 11.7 Å². The first-order chi connectivity index (χ1) is 18.5. The molecule has 0 atom stereocenters. The van der Waals surface area contributed by atoms with E-state index in [9.17, 15) is 9.59 Å². The molecule has 1 amide bonds. The summed E-state index contributed by atoms with van der Waals surface area (Å²) in [5.74, 6) is 0.499. The van der Waals surface area contributed by atoms with Gasteiger partial charge in [-0.05, 0) is 42.0 Å². The monoisotopic (exact) mass is 510 g/mol. The Balaban J connectivity index is 1.26. The first kappa shape index (κ1) is 24.9. The molecule has 4 aromatic rings. The highest BCUT2D eigenvalue weighted by Crippen LogP contribution is 2.24. The number of ketones is 1. The zero-order valence-corrected chi connectivity index (χ0v) is 21.5. The fraction of sp³-hybridized carbons (Fsp3) is 0.250. The first-order valence-electron chi connectivity index (χ1n) is 12.5. The third kappa shape index (κ3) is 5.80. The van der Waals surface area contributed by atoms with Crippen LogP contribution in [0.25, 0.3) is 5.69 Å². The van der Waals surface area contributed by atoms with Gasteiger partial charge in [-0.1, -0.05) is 12.1 Å². The molecule has 0 saturated carbocycles. The van der Waals surface area contributed by atoms with Crippen molar-refractivity contribution in [1.82, 2.24) is 24.6 Å². The number of nitrogens with zero attached hydrogens (tertiary/aromatic N) is 6. The molecule has 0 bridgehead atoms. The van der Waals surface area contributed by atoms with E-state index in [4.69, 9.17) is 0 Å². The van der Waals surface area contributed by atoms with Crippen LogP contribution in [0.4, 0.5) is 22.9 Å². The molecule has 2 aromatic carbocycles. The number of anilines is 4. The van der Waals surface area contributed by atoms with Crippen molar-refractivity contribution >= 4 is 34.6 Å². The predicted octanol–water partition coefficient (Wildman–Crippen LogP) is 3.89. The van der Waals surface area contributed by atoms with Gasteiger partial charge < -0.3 is 25.0 Å². The molecule has 2 aromatic heterocycles. The van der Waals surface area contributed by atoms with Gasteiger partial charge in [0.25, 0.3) is 0 Å². The smallest absolute Gasteiger partial charge is 0.219 e. The number of hydrogen-bond donors (Lipinski definition) is 2. The molecule has 194 valence electrons. The number of Topliss-reactive ketones (excluding diaryl/α,β-unsaturated/α-hetero) is 1. The van der Waals surface area contributed by atoms with Gasteiger partial charge in [0.15, 0.2) is 17.3 Å².